The van der Waals surface area contributed by atoms with Crippen LogP contribution in [0.5, 0.6) is 0 Å². The molecule has 0 aliphatic carbocycles. The zero-order valence-corrected chi connectivity index (χ0v) is 13.9. The molecule has 124 valence electrons. The molecule has 0 bridgehead atoms. The molecule has 1 amide bonds. The number of sulfonamides is 1. The minimum atomic E-state index is -3.64. The van der Waals surface area contributed by atoms with Gasteiger partial charge in [-0.15, -0.1) is 0 Å². The van der Waals surface area contributed by atoms with Crippen molar-refractivity contribution in [3.8, 4) is 0 Å². The van der Waals surface area contributed by atoms with Crippen molar-refractivity contribution in [3.63, 3.8) is 0 Å². The van der Waals surface area contributed by atoms with Gasteiger partial charge in [0.25, 0.3) is 5.91 Å². The van der Waals surface area contributed by atoms with Crippen LogP contribution in [0.1, 0.15) is 22.3 Å². The minimum Gasteiger partial charge on any atom is -0.355 e. The molecule has 0 aliphatic heterocycles. The Bertz CT molecular complexity index is 770. The first-order valence-electron chi connectivity index (χ1n) is 7.22. The van der Waals surface area contributed by atoms with Crippen LogP contribution < -0.4 is 10.0 Å². The van der Waals surface area contributed by atoms with Crippen molar-refractivity contribution >= 4 is 15.9 Å². The molecule has 0 atom stereocenters. The normalized spacial score (nSPS) is 11.4. The Hall–Kier alpha value is -2.19. The number of rotatable bonds is 7. The average molecular weight is 336 g/mol. The molecule has 7 nitrogen and oxygen atoms in total. The molecule has 0 saturated heterocycles. The molecule has 23 heavy (non-hydrogen) atoms. The van der Waals surface area contributed by atoms with E-state index in [1.165, 1.54) is 19.2 Å². The van der Waals surface area contributed by atoms with Crippen LogP contribution in [0.3, 0.4) is 0 Å². The van der Waals surface area contributed by atoms with Gasteiger partial charge in [0.15, 0.2) is 0 Å². The van der Waals surface area contributed by atoms with E-state index in [2.05, 4.69) is 15.0 Å². The van der Waals surface area contributed by atoms with Crippen LogP contribution in [0.4, 0.5) is 0 Å². The summed E-state index contributed by atoms with van der Waals surface area (Å²) in [6, 6.07) is 4.52. The van der Waals surface area contributed by atoms with Gasteiger partial charge in [0, 0.05) is 38.1 Å². The summed E-state index contributed by atoms with van der Waals surface area (Å²) < 4.78 is 29.0. The second-order valence-electron chi connectivity index (χ2n) is 5.11. The Morgan fingerprint density at radius 1 is 1.35 bits per heavy atom. The van der Waals surface area contributed by atoms with Crippen molar-refractivity contribution < 1.29 is 13.2 Å². The fourth-order valence-electron chi connectivity index (χ4n) is 2.12. The Balaban J connectivity index is 2.02. The number of nitrogens with zero attached hydrogens (tertiary/aromatic N) is 2. The Morgan fingerprint density at radius 2 is 2.13 bits per heavy atom. The quantitative estimate of drug-likeness (QED) is 0.735. The smallest absolute Gasteiger partial charge is 0.251 e. The molecule has 1 aromatic carbocycles. The Kier molecular flexibility index (Phi) is 5.51. The zero-order chi connectivity index (χ0) is 16.9. The number of aryl methyl sites for hydroxylation is 2. The largest absolute Gasteiger partial charge is 0.355 e. The molecule has 0 saturated carbocycles. The average Bonchev–Trinajstić information content (AvgIpc) is 3.04. The lowest BCUT2D eigenvalue weighted by Gasteiger charge is -2.10. The topological polar surface area (TPSA) is 93.1 Å². The molecule has 2 rings (SSSR count). The predicted octanol–water partition coefficient (Wildman–Crippen LogP) is 0.920. The van der Waals surface area contributed by atoms with Gasteiger partial charge in [-0.2, -0.15) is 0 Å². The van der Waals surface area contributed by atoms with Crippen molar-refractivity contribution in [2.45, 2.75) is 24.8 Å². The Morgan fingerprint density at radius 3 is 2.78 bits per heavy atom. The third-order valence-electron chi connectivity index (χ3n) is 3.44. The molecule has 0 unspecified atom stereocenters. The highest BCUT2D eigenvalue weighted by atomic mass is 32.2. The first kappa shape index (κ1) is 17.2. The highest BCUT2D eigenvalue weighted by Crippen LogP contribution is 2.15. The van der Waals surface area contributed by atoms with E-state index in [9.17, 15) is 13.2 Å². The van der Waals surface area contributed by atoms with Gasteiger partial charge in [0.1, 0.15) is 0 Å². The Labute approximate surface area is 135 Å². The standard InChI is InChI=1S/C15H20N4O3S/c1-12-4-5-13(10-14(12)15(20)16-2)23(21,22)18-6-3-8-19-9-7-17-11-19/h4-5,7,9-11,18H,3,6,8H2,1-2H3,(H,16,20). The van der Waals surface area contributed by atoms with Gasteiger partial charge in [-0.1, -0.05) is 6.07 Å². The summed E-state index contributed by atoms with van der Waals surface area (Å²) >= 11 is 0. The van der Waals surface area contributed by atoms with Gasteiger partial charge in [0.2, 0.25) is 10.0 Å². The summed E-state index contributed by atoms with van der Waals surface area (Å²) in [5.41, 5.74) is 1.08. The molecule has 0 fully saturated rings. The minimum absolute atomic E-state index is 0.0873. The van der Waals surface area contributed by atoms with E-state index in [1.807, 2.05) is 10.8 Å². The molecule has 8 heteroatoms. The second kappa shape index (κ2) is 7.38. The predicted molar refractivity (Wildman–Crippen MR) is 86.6 cm³/mol. The summed E-state index contributed by atoms with van der Waals surface area (Å²) in [4.78, 5) is 15.8. The maximum absolute atomic E-state index is 12.3. The molecule has 0 spiro atoms. The number of amides is 1. The molecule has 1 heterocycles. The van der Waals surface area contributed by atoms with Crippen LogP contribution in [-0.2, 0) is 16.6 Å². The molecule has 2 N–H and O–H groups in total. The lowest BCUT2D eigenvalue weighted by molar-refractivity contribution is 0.0962. The summed E-state index contributed by atoms with van der Waals surface area (Å²) in [7, 11) is -2.13. The van der Waals surface area contributed by atoms with Gasteiger partial charge in [-0.25, -0.2) is 18.1 Å². The lowest BCUT2D eigenvalue weighted by Crippen LogP contribution is -2.26. The van der Waals surface area contributed by atoms with Gasteiger partial charge in [-0.3, -0.25) is 4.79 Å². The fraction of sp³-hybridized carbons (Fsp3) is 0.333. The number of carbonyl (C=O) groups excluding carboxylic acids is 1. The van der Waals surface area contributed by atoms with E-state index in [4.69, 9.17) is 0 Å². The number of nitrogens with one attached hydrogen (secondary N) is 2. The van der Waals surface area contributed by atoms with Gasteiger partial charge in [-0.05, 0) is 31.0 Å². The van der Waals surface area contributed by atoms with Crippen molar-refractivity contribution in [1.29, 1.82) is 0 Å². The van der Waals surface area contributed by atoms with E-state index in [-0.39, 0.29) is 10.8 Å². The van der Waals surface area contributed by atoms with Crippen LogP contribution in [0.25, 0.3) is 0 Å². The fourth-order valence-corrected chi connectivity index (χ4v) is 3.22. The van der Waals surface area contributed by atoms with Crippen LogP contribution in [0.2, 0.25) is 0 Å². The number of imidazole rings is 1. The zero-order valence-electron chi connectivity index (χ0n) is 13.1. The highest BCUT2D eigenvalue weighted by molar-refractivity contribution is 7.89. The van der Waals surface area contributed by atoms with E-state index in [0.29, 0.717) is 25.1 Å². The second-order valence-corrected chi connectivity index (χ2v) is 6.87. The number of carbonyl (C=O) groups is 1. The maximum atomic E-state index is 12.3. The summed E-state index contributed by atoms with van der Waals surface area (Å²) in [5.74, 6) is -0.306. The van der Waals surface area contributed by atoms with Crippen molar-refractivity contribution in [2.24, 2.45) is 0 Å². The van der Waals surface area contributed by atoms with E-state index >= 15 is 0 Å². The van der Waals surface area contributed by atoms with Gasteiger partial charge in [0.05, 0.1) is 11.2 Å². The molecule has 0 aliphatic rings. The van der Waals surface area contributed by atoms with E-state index in [0.717, 1.165) is 5.56 Å². The number of hydrogen-bond donors (Lipinski definition) is 2. The van der Waals surface area contributed by atoms with E-state index in [1.54, 1.807) is 25.5 Å². The van der Waals surface area contributed by atoms with Crippen LogP contribution >= 0.6 is 0 Å². The van der Waals surface area contributed by atoms with Gasteiger partial charge < -0.3 is 9.88 Å². The number of benzene rings is 1. The summed E-state index contributed by atoms with van der Waals surface area (Å²) in [5, 5.41) is 2.51. The number of aromatic nitrogens is 2. The molecule has 0 radical (unpaired) electrons. The monoisotopic (exact) mass is 336 g/mol. The first-order valence-corrected chi connectivity index (χ1v) is 8.70. The van der Waals surface area contributed by atoms with Crippen molar-refractivity contribution in [1.82, 2.24) is 19.6 Å². The van der Waals surface area contributed by atoms with Crippen LogP contribution in [-0.4, -0.2) is 37.5 Å². The van der Waals surface area contributed by atoms with Crippen LogP contribution in [0, 0.1) is 6.92 Å². The molecular formula is C15H20N4O3S. The lowest BCUT2D eigenvalue weighted by atomic mass is 10.1. The SMILES string of the molecule is CNC(=O)c1cc(S(=O)(=O)NCCCn2ccnc2)ccc1C. The third-order valence-corrected chi connectivity index (χ3v) is 4.89. The molecular weight excluding hydrogens is 316 g/mol. The third kappa shape index (κ3) is 4.40. The van der Waals surface area contributed by atoms with E-state index < -0.39 is 10.0 Å². The van der Waals surface area contributed by atoms with Gasteiger partial charge >= 0.3 is 0 Å². The highest BCUT2D eigenvalue weighted by Gasteiger charge is 2.17. The number of hydrogen-bond acceptors (Lipinski definition) is 4. The maximum Gasteiger partial charge on any atom is 0.251 e. The summed E-state index contributed by atoms with van der Waals surface area (Å²) in [6.45, 7) is 2.75. The van der Waals surface area contributed by atoms with Crippen molar-refractivity contribution in [2.75, 3.05) is 13.6 Å². The van der Waals surface area contributed by atoms with Crippen molar-refractivity contribution in [3.05, 3.63) is 48.0 Å². The van der Waals surface area contributed by atoms with Crippen LogP contribution in [0.15, 0.2) is 41.8 Å². The molecule has 1 aromatic heterocycles. The summed E-state index contributed by atoms with van der Waals surface area (Å²) in [6.07, 6.45) is 5.83. The first-order chi connectivity index (χ1) is 10.9. The molecule has 2 aromatic rings.